The minimum absolute atomic E-state index is 0.141. The predicted molar refractivity (Wildman–Crippen MR) is 121 cm³/mol. The lowest BCUT2D eigenvalue weighted by molar-refractivity contribution is -0.120. The van der Waals surface area contributed by atoms with Crippen LogP contribution >= 0.6 is 11.6 Å². The van der Waals surface area contributed by atoms with E-state index in [-0.39, 0.29) is 23.4 Å². The molecule has 31 heavy (non-hydrogen) atoms. The van der Waals surface area contributed by atoms with E-state index >= 15 is 0 Å². The average Bonchev–Trinajstić information content (AvgIpc) is 2.81. The van der Waals surface area contributed by atoms with Gasteiger partial charge >= 0.3 is 0 Å². The van der Waals surface area contributed by atoms with Gasteiger partial charge in [-0.2, -0.15) is 0 Å². The van der Waals surface area contributed by atoms with Gasteiger partial charge in [-0.3, -0.25) is 9.59 Å². The molecule has 4 nitrogen and oxygen atoms in total. The van der Waals surface area contributed by atoms with Gasteiger partial charge in [-0.1, -0.05) is 54.1 Å². The molecule has 1 heterocycles. The Morgan fingerprint density at radius 2 is 1.61 bits per heavy atom. The van der Waals surface area contributed by atoms with Crippen LogP contribution in [0.15, 0.2) is 72.8 Å². The molecule has 0 aliphatic carbocycles. The highest BCUT2D eigenvalue weighted by Gasteiger charge is 2.27. The van der Waals surface area contributed by atoms with E-state index in [9.17, 15) is 14.0 Å². The third-order valence-electron chi connectivity index (χ3n) is 5.58. The van der Waals surface area contributed by atoms with Crippen molar-refractivity contribution in [1.82, 2.24) is 0 Å². The molecule has 6 heteroatoms. The second-order valence-electron chi connectivity index (χ2n) is 7.59. The second-order valence-corrected chi connectivity index (χ2v) is 8.02. The lowest BCUT2D eigenvalue weighted by atomic mass is 9.94. The third kappa shape index (κ3) is 4.78. The number of anilines is 2. The zero-order valence-electron chi connectivity index (χ0n) is 16.9. The molecular formula is C25H22ClFN2O2. The number of piperidine rings is 1. The van der Waals surface area contributed by atoms with Gasteiger partial charge in [0.25, 0.3) is 0 Å². The lowest BCUT2D eigenvalue weighted by Crippen LogP contribution is -2.38. The fourth-order valence-electron chi connectivity index (χ4n) is 3.88. The summed E-state index contributed by atoms with van der Waals surface area (Å²) in [6, 6.07) is 20.4. The van der Waals surface area contributed by atoms with Crippen molar-refractivity contribution in [3.05, 3.63) is 94.8 Å². The summed E-state index contributed by atoms with van der Waals surface area (Å²) >= 11 is 6.12. The minimum atomic E-state index is -0.254. The van der Waals surface area contributed by atoms with Crippen LogP contribution in [0.2, 0.25) is 5.02 Å². The van der Waals surface area contributed by atoms with E-state index in [0.717, 1.165) is 0 Å². The number of hydrogen-bond acceptors (Lipinski definition) is 3. The first kappa shape index (κ1) is 21.1. The number of carbonyl (C=O) groups excluding carboxylic acids is 2. The van der Waals surface area contributed by atoms with Crippen LogP contribution in [0.25, 0.3) is 0 Å². The lowest BCUT2D eigenvalue weighted by Gasteiger charge is -2.33. The maximum Gasteiger partial charge on any atom is 0.227 e. The number of amides is 1. The van der Waals surface area contributed by atoms with Crippen molar-refractivity contribution in [1.29, 1.82) is 0 Å². The number of nitrogens with zero attached hydrogens (tertiary/aromatic N) is 1. The normalized spacial score (nSPS) is 14.3. The summed E-state index contributed by atoms with van der Waals surface area (Å²) in [7, 11) is 0. The summed E-state index contributed by atoms with van der Waals surface area (Å²) in [5.74, 6) is -0.806. The first-order valence-corrected chi connectivity index (χ1v) is 10.6. The summed E-state index contributed by atoms with van der Waals surface area (Å²) in [4.78, 5) is 27.8. The molecule has 1 N–H and O–H groups in total. The van der Waals surface area contributed by atoms with Crippen molar-refractivity contribution in [3.8, 4) is 0 Å². The van der Waals surface area contributed by atoms with Gasteiger partial charge in [-0.15, -0.1) is 0 Å². The summed E-state index contributed by atoms with van der Waals surface area (Å²) in [5.41, 5.74) is 1.89. The minimum Gasteiger partial charge on any atom is -0.369 e. The Labute approximate surface area is 185 Å². The molecule has 0 bridgehead atoms. The van der Waals surface area contributed by atoms with Gasteiger partial charge in [0.15, 0.2) is 5.78 Å². The van der Waals surface area contributed by atoms with Crippen molar-refractivity contribution in [2.75, 3.05) is 23.3 Å². The number of ketones is 1. The molecule has 1 fully saturated rings. The topological polar surface area (TPSA) is 49.4 Å². The van der Waals surface area contributed by atoms with Crippen LogP contribution in [0, 0.1) is 11.7 Å². The highest BCUT2D eigenvalue weighted by molar-refractivity contribution is 6.31. The van der Waals surface area contributed by atoms with Crippen LogP contribution in [-0.2, 0) is 4.79 Å². The Balaban J connectivity index is 1.46. The van der Waals surface area contributed by atoms with Crippen LogP contribution in [0.3, 0.4) is 0 Å². The highest BCUT2D eigenvalue weighted by atomic mass is 35.5. The van der Waals surface area contributed by atoms with Gasteiger partial charge in [0, 0.05) is 35.2 Å². The quantitative estimate of drug-likeness (QED) is 0.532. The molecule has 1 saturated heterocycles. The van der Waals surface area contributed by atoms with Crippen molar-refractivity contribution in [2.45, 2.75) is 12.8 Å². The largest absolute Gasteiger partial charge is 0.369 e. The molecular weight excluding hydrogens is 415 g/mol. The Hall–Kier alpha value is -3.18. The molecule has 3 aromatic rings. The first-order valence-electron chi connectivity index (χ1n) is 10.2. The summed E-state index contributed by atoms with van der Waals surface area (Å²) in [5, 5.41) is 3.34. The average molecular weight is 437 g/mol. The SMILES string of the molecule is O=C(c1ccccc1)c1cc(Cl)ccc1NC(=O)C1CCN(c2ccccc2F)CC1. The third-order valence-corrected chi connectivity index (χ3v) is 5.81. The first-order chi connectivity index (χ1) is 15.0. The van der Waals surface area contributed by atoms with Crippen LogP contribution in [0.4, 0.5) is 15.8 Å². The molecule has 0 aromatic heterocycles. The molecule has 158 valence electrons. The van der Waals surface area contributed by atoms with E-state index < -0.39 is 0 Å². The van der Waals surface area contributed by atoms with E-state index in [2.05, 4.69) is 5.32 Å². The van der Waals surface area contributed by atoms with Gasteiger partial charge in [-0.25, -0.2) is 4.39 Å². The van der Waals surface area contributed by atoms with E-state index in [4.69, 9.17) is 11.6 Å². The van der Waals surface area contributed by atoms with Crippen molar-refractivity contribution < 1.29 is 14.0 Å². The number of rotatable bonds is 5. The maximum absolute atomic E-state index is 14.0. The molecule has 0 unspecified atom stereocenters. The zero-order valence-corrected chi connectivity index (χ0v) is 17.6. The van der Waals surface area contributed by atoms with Crippen molar-refractivity contribution >= 4 is 34.7 Å². The van der Waals surface area contributed by atoms with Crippen LogP contribution in [0.1, 0.15) is 28.8 Å². The van der Waals surface area contributed by atoms with Gasteiger partial charge in [0.2, 0.25) is 5.91 Å². The van der Waals surface area contributed by atoms with Crippen LogP contribution in [0.5, 0.6) is 0 Å². The van der Waals surface area contributed by atoms with Crippen molar-refractivity contribution in [2.24, 2.45) is 5.92 Å². The monoisotopic (exact) mass is 436 g/mol. The van der Waals surface area contributed by atoms with E-state index in [1.54, 1.807) is 54.6 Å². The number of halogens is 2. The highest BCUT2D eigenvalue weighted by Crippen LogP contribution is 2.28. The molecule has 1 aliphatic heterocycles. The smallest absolute Gasteiger partial charge is 0.227 e. The Morgan fingerprint density at radius 3 is 2.32 bits per heavy atom. The van der Waals surface area contributed by atoms with E-state index in [1.165, 1.54) is 6.07 Å². The number of nitrogens with one attached hydrogen (secondary N) is 1. The molecule has 4 rings (SSSR count). The second kappa shape index (κ2) is 9.31. The maximum atomic E-state index is 14.0. The summed E-state index contributed by atoms with van der Waals surface area (Å²) in [6.07, 6.45) is 1.21. The van der Waals surface area contributed by atoms with Crippen molar-refractivity contribution in [3.63, 3.8) is 0 Å². The molecule has 1 amide bonds. The number of carbonyl (C=O) groups is 2. The molecule has 3 aromatic carbocycles. The molecule has 1 aliphatic rings. The Kier molecular flexibility index (Phi) is 6.33. The Morgan fingerprint density at radius 1 is 0.935 bits per heavy atom. The molecule has 0 atom stereocenters. The fraction of sp³-hybridized carbons (Fsp3) is 0.200. The standard InChI is InChI=1S/C25H22ClFN2O2/c26-19-10-11-22(20(16-19)24(30)17-6-2-1-3-7-17)28-25(31)18-12-14-29(15-13-18)23-9-5-4-8-21(23)27/h1-11,16,18H,12-15H2,(H,28,31). The van der Waals surface area contributed by atoms with Gasteiger partial charge in [-0.05, 0) is 43.2 Å². The zero-order chi connectivity index (χ0) is 21.8. The number of para-hydroxylation sites is 1. The van der Waals surface area contributed by atoms with E-state index in [1.807, 2.05) is 17.0 Å². The molecule has 0 spiro atoms. The molecule has 0 radical (unpaired) electrons. The number of benzene rings is 3. The van der Waals surface area contributed by atoms with Gasteiger partial charge in [0.1, 0.15) is 5.82 Å². The van der Waals surface area contributed by atoms with Crippen LogP contribution in [-0.4, -0.2) is 24.8 Å². The van der Waals surface area contributed by atoms with Gasteiger partial charge < -0.3 is 10.2 Å². The summed E-state index contributed by atoms with van der Waals surface area (Å²) < 4.78 is 14.0. The number of hydrogen-bond donors (Lipinski definition) is 1. The fourth-order valence-corrected chi connectivity index (χ4v) is 4.06. The molecule has 0 saturated carbocycles. The summed E-state index contributed by atoms with van der Waals surface area (Å²) in [6.45, 7) is 1.19. The predicted octanol–water partition coefficient (Wildman–Crippen LogP) is 5.57. The van der Waals surface area contributed by atoms with E-state index in [0.29, 0.717) is 53.5 Å². The Bertz CT molecular complexity index is 1100. The van der Waals surface area contributed by atoms with Crippen LogP contribution < -0.4 is 10.2 Å². The van der Waals surface area contributed by atoms with Gasteiger partial charge in [0.05, 0.1) is 11.4 Å².